The van der Waals surface area contributed by atoms with Gasteiger partial charge in [0.25, 0.3) is 0 Å². The number of halogens is 3. The van der Waals surface area contributed by atoms with Gasteiger partial charge >= 0.3 is 6.18 Å². The van der Waals surface area contributed by atoms with E-state index in [1.807, 2.05) is 24.1 Å². The van der Waals surface area contributed by atoms with E-state index in [4.69, 9.17) is 0 Å². The third-order valence-electron chi connectivity index (χ3n) is 6.98. The highest BCUT2D eigenvalue weighted by molar-refractivity contribution is 8.13. The molecule has 1 aromatic carbocycles. The maximum atomic E-state index is 12.9. The van der Waals surface area contributed by atoms with Crippen molar-refractivity contribution in [2.45, 2.75) is 25.1 Å². The topological polar surface area (TPSA) is 47.0 Å². The molecule has 0 spiro atoms. The van der Waals surface area contributed by atoms with Crippen LogP contribution in [0.4, 0.5) is 18.9 Å². The molecular formula is C25H29F3N6S. The predicted molar refractivity (Wildman–Crippen MR) is 135 cm³/mol. The lowest BCUT2D eigenvalue weighted by atomic mass is 10.0. The van der Waals surface area contributed by atoms with Gasteiger partial charge in [0.1, 0.15) is 5.82 Å². The first kappa shape index (κ1) is 24.0. The van der Waals surface area contributed by atoms with Crippen LogP contribution in [0.2, 0.25) is 0 Å². The van der Waals surface area contributed by atoms with Gasteiger partial charge in [-0.3, -0.25) is 10.4 Å². The van der Waals surface area contributed by atoms with Crippen LogP contribution in [0, 0.1) is 5.92 Å². The standard InChI is InChI=1S/C25H29F3N6S/c1-17-4-5-18(14-29-17)23-30-31-24(32(23)2)35-13-3-11-33-15-19-10-12-34(22(19)16-33)21-8-6-20(7-9-21)25(26,27)28/h4-9,14,19,22,30H,1,3,10-13,15-16H2,2H3. The van der Waals surface area contributed by atoms with E-state index in [0.717, 1.165) is 72.0 Å². The number of rotatable bonds is 5. The Labute approximate surface area is 207 Å². The number of fused-ring (bicyclic) bond motifs is 1. The SMILES string of the molecule is C=c1ccc(=C2NN=C(SCCCN3CC4CCN(c5ccc(C(F)(F)F)cc5)C4C3)N2C)cn1. The van der Waals surface area contributed by atoms with Crippen molar-refractivity contribution in [1.29, 1.82) is 0 Å². The monoisotopic (exact) mass is 502 g/mol. The number of likely N-dealkylation sites (tertiary alicyclic amines) is 1. The maximum absolute atomic E-state index is 12.9. The summed E-state index contributed by atoms with van der Waals surface area (Å²) in [5.74, 6) is 2.45. The second-order valence-electron chi connectivity index (χ2n) is 9.27. The molecule has 0 radical (unpaired) electrons. The number of aromatic nitrogens is 1. The maximum Gasteiger partial charge on any atom is 0.416 e. The number of alkyl halides is 3. The first-order valence-electron chi connectivity index (χ1n) is 11.8. The van der Waals surface area contributed by atoms with E-state index in [2.05, 4.69) is 31.9 Å². The number of pyridine rings is 1. The number of anilines is 1. The third-order valence-corrected chi connectivity index (χ3v) is 8.09. The van der Waals surface area contributed by atoms with Crippen molar-refractivity contribution in [3.8, 4) is 0 Å². The molecule has 186 valence electrons. The third kappa shape index (κ3) is 5.13. The van der Waals surface area contributed by atoms with Gasteiger partial charge in [-0.25, -0.2) is 0 Å². The Hall–Kier alpha value is -2.72. The quantitative estimate of drug-likeness (QED) is 0.635. The van der Waals surface area contributed by atoms with Gasteiger partial charge in [0, 0.05) is 55.6 Å². The predicted octanol–water partition coefficient (Wildman–Crippen LogP) is 2.72. The average Bonchev–Trinajstić information content (AvgIpc) is 3.51. The molecule has 6 nitrogen and oxygen atoms in total. The van der Waals surface area contributed by atoms with Gasteiger partial charge in [-0.1, -0.05) is 18.3 Å². The molecule has 10 heteroatoms. The van der Waals surface area contributed by atoms with Crippen molar-refractivity contribution >= 4 is 35.0 Å². The molecule has 3 aliphatic heterocycles. The van der Waals surface area contributed by atoms with Crippen LogP contribution in [-0.2, 0) is 6.18 Å². The van der Waals surface area contributed by atoms with Crippen molar-refractivity contribution in [3.05, 3.63) is 58.7 Å². The zero-order chi connectivity index (χ0) is 24.6. The molecule has 1 N–H and O–H groups in total. The van der Waals surface area contributed by atoms with Gasteiger partial charge in [-0.15, -0.1) is 5.10 Å². The van der Waals surface area contributed by atoms with Crippen LogP contribution in [0.1, 0.15) is 18.4 Å². The van der Waals surface area contributed by atoms with Crippen LogP contribution >= 0.6 is 11.8 Å². The molecular weight excluding hydrogens is 473 g/mol. The number of hydrazone groups is 1. The van der Waals surface area contributed by atoms with Crippen molar-refractivity contribution in [2.75, 3.05) is 43.9 Å². The molecule has 4 heterocycles. The first-order chi connectivity index (χ1) is 16.8. The smallest absolute Gasteiger partial charge is 0.367 e. The fraction of sp³-hybridized carbons (Fsp3) is 0.440. The van der Waals surface area contributed by atoms with Crippen molar-refractivity contribution in [2.24, 2.45) is 11.0 Å². The number of nitrogens with one attached hydrogen (secondary N) is 1. The highest BCUT2D eigenvalue weighted by Crippen LogP contribution is 2.37. The fourth-order valence-corrected chi connectivity index (χ4v) is 5.99. The van der Waals surface area contributed by atoms with E-state index in [-0.39, 0.29) is 0 Å². The Kier molecular flexibility index (Phi) is 6.67. The second kappa shape index (κ2) is 9.73. The lowest BCUT2D eigenvalue weighted by molar-refractivity contribution is -0.137. The average molecular weight is 503 g/mol. The number of hydrogen-bond donors (Lipinski definition) is 1. The number of thioether (sulfide) groups is 1. The van der Waals surface area contributed by atoms with Gasteiger partial charge in [0.15, 0.2) is 5.17 Å². The molecule has 5 rings (SSSR count). The Balaban J connectivity index is 1.10. The summed E-state index contributed by atoms with van der Waals surface area (Å²) in [4.78, 5) is 11.1. The zero-order valence-electron chi connectivity index (χ0n) is 19.6. The molecule has 2 atom stereocenters. The Morgan fingerprint density at radius 2 is 1.94 bits per heavy atom. The zero-order valence-corrected chi connectivity index (χ0v) is 20.4. The van der Waals surface area contributed by atoms with E-state index in [1.165, 1.54) is 12.1 Å². The van der Waals surface area contributed by atoms with Crippen molar-refractivity contribution < 1.29 is 13.2 Å². The minimum atomic E-state index is -4.29. The lowest BCUT2D eigenvalue weighted by Gasteiger charge is -2.27. The molecule has 0 bridgehead atoms. The Morgan fingerprint density at radius 3 is 2.66 bits per heavy atom. The highest BCUT2D eigenvalue weighted by Gasteiger charge is 2.41. The summed E-state index contributed by atoms with van der Waals surface area (Å²) in [6.45, 7) is 7.77. The number of hydrogen-bond acceptors (Lipinski definition) is 7. The van der Waals surface area contributed by atoms with Crippen LogP contribution in [-0.4, -0.2) is 65.0 Å². The lowest BCUT2D eigenvalue weighted by Crippen LogP contribution is -2.35. The molecule has 0 saturated carbocycles. The van der Waals surface area contributed by atoms with Crippen molar-refractivity contribution in [1.82, 2.24) is 20.2 Å². The Bertz CT molecular complexity index is 1180. The molecule has 0 amide bonds. The minimum Gasteiger partial charge on any atom is -0.367 e. The summed E-state index contributed by atoms with van der Waals surface area (Å²) < 4.78 is 38.7. The summed E-state index contributed by atoms with van der Waals surface area (Å²) >= 11 is 1.73. The van der Waals surface area contributed by atoms with E-state index in [1.54, 1.807) is 30.1 Å². The van der Waals surface area contributed by atoms with Gasteiger partial charge in [0.2, 0.25) is 0 Å². The molecule has 2 saturated heterocycles. The van der Waals surface area contributed by atoms with E-state index in [0.29, 0.717) is 12.0 Å². The Morgan fingerprint density at radius 1 is 1.14 bits per heavy atom. The normalized spacial score (nSPS) is 24.1. The largest absolute Gasteiger partial charge is 0.416 e. The fourth-order valence-electron chi connectivity index (χ4n) is 5.14. The summed E-state index contributed by atoms with van der Waals surface area (Å²) in [6, 6.07) is 9.87. The van der Waals surface area contributed by atoms with E-state index in [9.17, 15) is 13.2 Å². The minimum absolute atomic E-state index is 0.379. The van der Waals surface area contributed by atoms with Gasteiger partial charge < -0.3 is 14.7 Å². The van der Waals surface area contributed by atoms with Crippen LogP contribution < -0.4 is 20.9 Å². The number of amidine groups is 1. The molecule has 2 unspecified atom stereocenters. The van der Waals surface area contributed by atoms with Gasteiger partial charge in [-0.2, -0.15) is 13.2 Å². The van der Waals surface area contributed by atoms with E-state index < -0.39 is 11.7 Å². The second-order valence-corrected chi connectivity index (χ2v) is 10.3. The number of benzene rings is 1. The summed E-state index contributed by atoms with van der Waals surface area (Å²) in [5, 5.41) is 7.11. The molecule has 1 aromatic heterocycles. The van der Waals surface area contributed by atoms with Crippen LogP contribution in [0.15, 0.2) is 47.7 Å². The summed E-state index contributed by atoms with van der Waals surface area (Å²) in [7, 11) is 2.00. The van der Waals surface area contributed by atoms with Gasteiger partial charge in [0.05, 0.1) is 10.9 Å². The highest BCUT2D eigenvalue weighted by atomic mass is 32.2. The molecule has 3 aliphatic rings. The van der Waals surface area contributed by atoms with E-state index >= 15 is 0 Å². The van der Waals surface area contributed by atoms with Crippen LogP contribution in [0.3, 0.4) is 0 Å². The van der Waals surface area contributed by atoms with Crippen molar-refractivity contribution in [3.63, 3.8) is 0 Å². The van der Waals surface area contributed by atoms with Gasteiger partial charge in [-0.05, 0) is 61.7 Å². The van der Waals surface area contributed by atoms with Crippen LogP contribution in [0.25, 0.3) is 12.4 Å². The summed E-state index contributed by atoms with van der Waals surface area (Å²) in [6.07, 6.45) is -0.363. The number of nitrogens with zero attached hydrogens (tertiary/aromatic N) is 5. The summed E-state index contributed by atoms with van der Waals surface area (Å²) in [5.41, 5.74) is 3.41. The molecule has 0 aliphatic carbocycles. The first-order valence-corrected chi connectivity index (χ1v) is 12.8. The van der Waals surface area contributed by atoms with Crippen LogP contribution in [0.5, 0.6) is 0 Å². The molecule has 2 fully saturated rings. The molecule has 35 heavy (non-hydrogen) atoms. The molecule has 2 aromatic rings.